The Morgan fingerprint density at radius 3 is 2.59 bits per heavy atom. The quantitative estimate of drug-likeness (QED) is 0.940. The predicted octanol–water partition coefficient (Wildman–Crippen LogP) is 3.36. The van der Waals surface area contributed by atoms with Crippen LogP contribution < -0.4 is 10.5 Å². The highest BCUT2D eigenvalue weighted by Crippen LogP contribution is 2.32. The fourth-order valence-electron chi connectivity index (χ4n) is 3.44. The fourth-order valence-corrected chi connectivity index (χ4v) is 3.44. The number of benzene rings is 2. The first-order chi connectivity index (χ1) is 10.8. The van der Waals surface area contributed by atoms with E-state index in [-0.39, 0.29) is 12.1 Å². The molecule has 0 bridgehead atoms. The van der Waals surface area contributed by atoms with E-state index in [1.165, 1.54) is 11.1 Å². The minimum absolute atomic E-state index is 0.186. The molecule has 0 saturated carbocycles. The van der Waals surface area contributed by atoms with E-state index in [2.05, 4.69) is 47.4 Å². The van der Waals surface area contributed by atoms with E-state index >= 15 is 0 Å². The lowest BCUT2D eigenvalue weighted by Gasteiger charge is -2.40. The Morgan fingerprint density at radius 1 is 1.09 bits per heavy atom. The number of para-hydroxylation sites is 1. The van der Waals surface area contributed by atoms with Crippen LogP contribution in [0.4, 0.5) is 0 Å². The number of methoxy groups -OCH3 is 1. The fraction of sp³-hybridized carbons (Fsp3) is 0.368. The molecule has 0 aromatic heterocycles. The van der Waals surface area contributed by atoms with Gasteiger partial charge in [0.2, 0.25) is 0 Å². The molecule has 3 rings (SSSR count). The van der Waals surface area contributed by atoms with Crippen molar-refractivity contribution in [2.75, 3.05) is 13.7 Å². The first-order valence-corrected chi connectivity index (χ1v) is 7.96. The van der Waals surface area contributed by atoms with Gasteiger partial charge in [0.1, 0.15) is 5.75 Å². The number of nitrogens with two attached hydrogens (primary N) is 1. The zero-order valence-electron chi connectivity index (χ0n) is 13.1. The van der Waals surface area contributed by atoms with Crippen molar-refractivity contribution in [3.8, 4) is 5.75 Å². The highest BCUT2D eigenvalue weighted by molar-refractivity contribution is 5.33. The third-order valence-corrected chi connectivity index (χ3v) is 4.49. The van der Waals surface area contributed by atoms with Crippen molar-refractivity contribution in [1.82, 2.24) is 4.90 Å². The lowest BCUT2D eigenvalue weighted by Crippen LogP contribution is -2.45. The molecule has 0 amide bonds. The maximum absolute atomic E-state index is 6.45. The summed E-state index contributed by atoms with van der Waals surface area (Å²) in [6.07, 6.45) is 2.24. The van der Waals surface area contributed by atoms with Crippen LogP contribution in [0.1, 0.15) is 30.0 Å². The largest absolute Gasteiger partial charge is 0.496 e. The zero-order valence-corrected chi connectivity index (χ0v) is 13.1. The molecule has 2 aromatic carbocycles. The Bertz CT molecular complexity index is 599. The van der Waals surface area contributed by atoms with Gasteiger partial charge in [0, 0.05) is 18.2 Å². The van der Waals surface area contributed by atoms with Crippen LogP contribution in [0.5, 0.6) is 5.75 Å². The summed E-state index contributed by atoms with van der Waals surface area (Å²) in [6.45, 7) is 1.95. The number of rotatable bonds is 4. The summed E-state index contributed by atoms with van der Waals surface area (Å²) < 4.78 is 5.50. The van der Waals surface area contributed by atoms with Gasteiger partial charge in [-0.1, -0.05) is 48.5 Å². The van der Waals surface area contributed by atoms with Gasteiger partial charge in [-0.15, -0.1) is 0 Å². The molecule has 116 valence electrons. The van der Waals surface area contributed by atoms with Gasteiger partial charge in [0.15, 0.2) is 0 Å². The van der Waals surface area contributed by atoms with E-state index in [4.69, 9.17) is 10.5 Å². The standard InChI is InChI=1S/C19H24N2O/c1-22-18-12-6-5-10-16(18)14-21-13-7-11-17(20)19(21)15-8-3-2-4-9-15/h2-6,8-10,12,17,19H,7,11,13-14,20H2,1H3. The van der Waals surface area contributed by atoms with Crippen LogP contribution >= 0.6 is 0 Å². The lowest BCUT2D eigenvalue weighted by atomic mass is 9.90. The second-order valence-electron chi connectivity index (χ2n) is 5.94. The molecule has 0 aliphatic carbocycles. The molecule has 0 spiro atoms. The topological polar surface area (TPSA) is 38.5 Å². The van der Waals surface area contributed by atoms with E-state index in [1.54, 1.807) is 7.11 Å². The molecule has 22 heavy (non-hydrogen) atoms. The van der Waals surface area contributed by atoms with E-state index in [0.29, 0.717) is 0 Å². The second-order valence-corrected chi connectivity index (χ2v) is 5.94. The van der Waals surface area contributed by atoms with Gasteiger partial charge < -0.3 is 10.5 Å². The molecule has 1 heterocycles. The molecule has 1 saturated heterocycles. The van der Waals surface area contributed by atoms with Crippen LogP contribution in [0.25, 0.3) is 0 Å². The highest BCUT2D eigenvalue weighted by atomic mass is 16.5. The molecule has 2 aromatic rings. The van der Waals surface area contributed by atoms with Gasteiger partial charge in [0.25, 0.3) is 0 Å². The molecule has 1 aliphatic rings. The molecule has 2 atom stereocenters. The average molecular weight is 296 g/mol. The Hall–Kier alpha value is -1.84. The number of ether oxygens (including phenoxy) is 1. The highest BCUT2D eigenvalue weighted by Gasteiger charge is 2.30. The van der Waals surface area contributed by atoms with Gasteiger partial charge in [-0.05, 0) is 31.0 Å². The Labute approximate surface area is 132 Å². The Balaban J connectivity index is 1.87. The normalized spacial score (nSPS) is 22.5. The monoisotopic (exact) mass is 296 g/mol. The van der Waals surface area contributed by atoms with Crippen LogP contribution in [0.15, 0.2) is 54.6 Å². The van der Waals surface area contributed by atoms with E-state index in [1.807, 2.05) is 12.1 Å². The van der Waals surface area contributed by atoms with Gasteiger partial charge in [0.05, 0.1) is 13.2 Å². The predicted molar refractivity (Wildman–Crippen MR) is 89.8 cm³/mol. The van der Waals surface area contributed by atoms with E-state index in [0.717, 1.165) is 31.7 Å². The summed E-state index contributed by atoms with van der Waals surface area (Å²) in [7, 11) is 1.73. The van der Waals surface area contributed by atoms with Crippen LogP contribution in [-0.4, -0.2) is 24.6 Å². The Kier molecular flexibility index (Phi) is 4.76. The summed E-state index contributed by atoms with van der Waals surface area (Å²) in [5, 5.41) is 0. The van der Waals surface area contributed by atoms with Crippen molar-refractivity contribution in [3.63, 3.8) is 0 Å². The lowest BCUT2D eigenvalue weighted by molar-refractivity contribution is 0.119. The number of nitrogens with zero attached hydrogens (tertiary/aromatic N) is 1. The summed E-state index contributed by atoms with van der Waals surface area (Å²) in [5.74, 6) is 0.952. The molecule has 0 radical (unpaired) electrons. The van der Waals surface area contributed by atoms with E-state index < -0.39 is 0 Å². The smallest absolute Gasteiger partial charge is 0.123 e. The Morgan fingerprint density at radius 2 is 1.82 bits per heavy atom. The van der Waals surface area contributed by atoms with Crippen molar-refractivity contribution in [2.24, 2.45) is 5.73 Å². The summed E-state index contributed by atoms with van der Waals surface area (Å²) in [5.41, 5.74) is 8.98. The molecule has 2 unspecified atom stereocenters. The maximum atomic E-state index is 6.45. The molecule has 2 N–H and O–H groups in total. The number of hydrogen-bond donors (Lipinski definition) is 1. The molecule has 1 fully saturated rings. The van der Waals surface area contributed by atoms with Gasteiger partial charge in [-0.25, -0.2) is 0 Å². The van der Waals surface area contributed by atoms with Gasteiger partial charge in [-0.3, -0.25) is 4.90 Å². The average Bonchev–Trinajstić information content (AvgIpc) is 2.56. The van der Waals surface area contributed by atoms with E-state index in [9.17, 15) is 0 Å². The SMILES string of the molecule is COc1ccccc1CN1CCCC(N)C1c1ccccc1. The van der Waals surface area contributed by atoms with Crippen molar-refractivity contribution in [2.45, 2.75) is 31.5 Å². The van der Waals surface area contributed by atoms with Gasteiger partial charge in [-0.2, -0.15) is 0 Å². The van der Waals surface area contributed by atoms with Gasteiger partial charge >= 0.3 is 0 Å². The van der Waals surface area contributed by atoms with Crippen molar-refractivity contribution < 1.29 is 4.74 Å². The first-order valence-electron chi connectivity index (χ1n) is 7.96. The van der Waals surface area contributed by atoms with Crippen LogP contribution in [-0.2, 0) is 6.54 Å². The summed E-state index contributed by atoms with van der Waals surface area (Å²) in [6, 6.07) is 19.3. The second kappa shape index (κ2) is 6.95. The first kappa shape index (κ1) is 15.1. The number of hydrogen-bond acceptors (Lipinski definition) is 3. The minimum Gasteiger partial charge on any atom is -0.496 e. The third-order valence-electron chi connectivity index (χ3n) is 4.49. The molecular weight excluding hydrogens is 272 g/mol. The van der Waals surface area contributed by atoms with Crippen LogP contribution in [0.3, 0.4) is 0 Å². The zero-order chi connectivity index (χ0) is 15.4. The van der Waals surface area contributed by atoms with Crippen LogP contribution in [0.2, 0.25) is 0 Å². The van der Waals surface area contributed by atoms with Crippen molar-refractivity contribution in [1.29, 1.82) is 0 Å². The van der Waals surface area contributed by atoms with Crippen molar-refractivity contribution in [3.05, 3.63) is 65.7 Å². The maximum Gasteiger partial charge on any atom is 0.123 e. The number of likely N-dealkylation sites (tertiary alicyclic amines) is 1. The number of piperidine rings is 1. The molecular formula is C19H24N2O. The molecule has 1 aliphatic heterocycles. The van der Waals surface area contributed by atoms with Crippen LogP contribution in [0, 0.1) is 0 Å². The summed E-state index contributed by atoms with van der Waals surface area (Å²) in [4.78, 5) is 2.49. The molecule has 3 nitrogen and oxygen atoms in total. The molecule has 3 heteroatoms. The third kappa shape index (κ3) is 3.16. The van der Waals surface area contributed by atoms with Crippen molar-refractivity contribution >= 4 is 0 Å². The summed E-state index contributed by atoms with van der Waals surface area (Å²) >= 11 is 0. The minimum atomic E-state index is 0.186.